The second-order valence-corrected chi connectivity index (χ2v) is 5.96. The van der Waals surface area contributed by atoms with Crippen molar-refractivity contribution in [3.8, 4) is 6.07 Å². The molecule has 0 spiro atoms. The quantitative estimate of drug-likeness (QED) is 0.709. The fourth-order valence-electron chi connectivity index (χ4n) is 1.93. The monoisotopic (exact) mass is 343 g/mol. The number of para-hydroxylation sites is 1. The summed E-state index contributed by atoms with van der Waals surface area (Å²) in [7, 11) is 0. The Kier molecular flexibility index (Phi) is 4.46. The van der Waals surface area contributed by atoms with Crippen molar-refractivity contribution in [2.75, 3.05) is 11.1 Å². The molecule has 0 aliphatic carbocycles. The molecular formula is C15H10ClN5OS. The van der Waals surface area contributed by atoms with Gasteiger partial charge in [0.1, 0.15) is 6.07 Å². The van der Waals surface area contributed by atoms with Crippen LogP contribution in [0.4, 0.5) is 5.69 Å². The molecule has 1 amide bonds. The number of rotatable bonds is 4. The SMILES string of the molecule is N#Cc1ccccc1NC(=O)CSc1nc2ncc(Cl)cc2[nH]1. The number of carbonyl (C=O) groups is 1. The van der Waals surface area contributed by atoms with Crippen molar-refractivity contribution in [1.29, 1.82) is 5.26 Å². The summed E-state index contributed by atoms with van der Waals surface area (Å²) in [4.78, 5) is 23.4. The van der Waals surface area contributed by atoms with Gasteiger partial charge in [0.05, 0.1) is 27.5 Å². The molecule has 3 rings (SSSR count). The molecule has 8 heteroatoms. The Morgan fingerprint density at radius 1 is 1.43 bits per heavy atom. The number of hydrogen-bond donors (Lipinski definition) is 2. The molecule has 23 heavy (non-hydrogen) atoms. The van der Waals surface area contributed by atoms with Crippen LogP contribution in [0.3, 0.4) is 0 Å². The molecule has 0 aliphatic rings. The molecule has 2 N–H and O–H groups in total. The second-order valence-electron chi connectivity index (χ2n) is 4.56. The van der Waals surface area contributed by atoms with Crippen molar-refractivity contribution >= 4 is 46.1 Å². The molecule has 0 unspecified atom stereocenters. The summed E-state index contributed by atoms with van der Waals surface area (Å²) in [5.41, 5.74) is 2.19. The number of imidazole rings is 1. The van der Waals surface area contributed by atoms with Gasteiger partial charge in [-0.05, 0) is 18.2 Å². The van der Waals surface area contributed by atoms with E-state index < -0.39 is 0 Å². The van der Waals surface area contributed by atoms with E-state index in [1.54, 1.807) is 30.3 Å². The molecular weight excluding hydrogens is 334 g/mol. The van der Waals surface area contributed by atoms with E-state index in [1.807, 2.05) is 6.07 Å². The minimum atomic E-state index is -0.218. The normalized spacial score (nSPS) is 10.4. The molecule has 0 aliphatic heterocycles. The van der Waals surface area contributed by atoms with Gasteiger partial charge in [-0.3, -0.25) is 4.79 Å². The number of halogens is 1. The number of nitrogens with one attached hydrogen (secondary N) is 2. The molecule has 0 radical (unpaired) electrons. The smallest absolute Gasteiger partial charge is 0.234 e. The van der Waals surface area contributed by atoms with Crippen LogP contribution in [0.15, 0.2) is 41.7 Å². The van der Waals surface area contributed by atoms with Gasteiger partial charge in [0.15, 0.2) is 10.8 Å². The van der Waals surface area contributed by atoms with E-state index in [1.165, 1.54) is 18.0 Å². The number of hydrogen-bond acceptors (Lipinski definition) is 5. The number of anilines is 1. The average Bonchev–Trinajstić information content (AvgIpc) is 2.95. The maximum Gasteiger partial charge on any atom is 0.234 e. The first-order chi connectivity index (χ1) is 11.2. The molecule has 0 bridgehead atoms. The Hall–Kier alpha value is -2.56. The Morgan fingerprint density at radius 2 is 2.26 bits per heavy atom. The number of aromatic amines is 1. The lowest BCUT2D eigenvalue weighted by molar-refractivity contribution is -0.113. The molecule has 6 nitrogen and oxygen atoms in total. The zero-order valence-electron chi connectivity index (χ0n) is 11.7. The van der Waals surface area contributed by atoms with Crippen LogP contribution in [0.2, 0.25) is 5.02 Å². The Balaban J connectivity index is 1.65. The van der Waals surface area contributed by atoms with Crippen LogP contribution in [0.25, 0.3) is 11.2 Å². The van der Waals surface area contributed by atoms with E-state index in [4.69, 9.17) is 16.9 Å². The zero-order chi connectivity index (χ0) is 16.2. The first kappa shape index (κ1) is 15.3. The van der Waals surface area contributed by atoms with Crippen molar-refractivity contribution in [3.63, 3.8) is 0 Å². The lowest BCUT2D eigenvalue weighted by Gasteiger charge is -2.05. The lowest BCUT2D eigenvalue weighted by atomic mass is 10.2. The standard InChI is InChI=1S/C15H10ClN5OS/c16-10-5-12-14(18-7-10)21-15(20-12)23-8-13(22)19-11-4-2-1-3-9(11)6-17/h1-5,7H,8H2,(H,19,22)(H,18,20,21). The van der Waals surface area contributed by atoms with Crippen LogP contribution >= 0.6 is 23.4 Å². The molecule has 0 atom stereocenters. The molecule has 3 aromatic rings. The van der Waals surface area contributed by atoms with Gasteiger partial charge in [-0.1, -0.05) is 35.5 Å². The molecule has 1 aromatic carbocycles. The number of carbonyl (C=O) groups excluding carboxylic acids is 1. The van der Waals surface area contributed by atoms with Crippen LogP contribution in [-0.2, 0) is 4.79 Å². The third-order valence-electron chi connectivity index (χ3n) is 2.94. The van der Waals surface area contributed by atoms with E-state index in [0.717, 1.165) is 5.52 Å². The third kappa shape index (κ3) is 3.62. The summed E-state index contributed by atoms with van der Waals surface area (Å²) < 4.78 is 0. The van der Waals surface area contributed by atoms with Gasteiger partial charge in [0, 0.05) is 6.20 Å². The third-order valence-corrected chi connectivity index (χ3v) is 4.02. The number of benzene rings is 1. The Labute approximate surface area is 140 Å². The van der Waals surface area contributed by atoms with Crippen molar-refractivity contribution < 1.29 is 4.79 Å². The number of pyridine rings is 1. The number of amides is 1. The number of nitrogens with zero attached hydrogens (tertiary/aromatic N) is 3. The van der Waals surface area contributed by atoms with Gasteiger partial charge < -0.3 is 10.3 Å². The highest BCUT2D eigenvalue weighted by Crippen LogP contribution is 2.21. The van der Waals surface area contributed by atoms with Crippen molar-refractivity contribution in [1.82, 2.24) is 15.0 Å². The number of thioether (sulfide) groups is 1. The second kappa shape index (κ2) is 6.69. The van der Waals surface area contributed by atoms with E-state index in [2.05, 4.69) is 20.3 Å². The largest absolute Gasteiger partial charge is 0.331 e. The van der Waals surface area contributed by atoms with E-state index >= 15 is 0 Å². The van der Waals surface area contributed by atoms with Crippen LogP contribution in [0, 0.1) is 11.3 Å². The molecule has 0 saturated carbocycles. The summed E-state index contributed by atoms with van der Waals surface area (Å²) in [6.07, 6.45) is 1.52. The minimum Gasteiger partial charge on any atom is -0.331 e. The van der Waals surface area contributed by atoms with E-state index in [0.29, 0.717) is 27.1 Å². The van der Waals surface area contributed by atoms with Crippen LogP contribution in [0.5, 0.6) is 0 Å². The number of nitriles is 1. The van der Waals surface area contributed by atoms with Crippen molar-refractivity contribution in [3.05, 3.63) is 47.1 Å². The van der Waals surface area contributed by atoms with Gasteiger partial charge in [-0.25, -0.2) is 9.97 Å². The predicted octanol–water partition coefficient (Wildman–Crippen LogP) is 3.21. The number of fused-ring (bicyclic) bond motifs is 1. The highest BCUT2D eigenvalue weighted by atomic mass is 35.5. The zero-order valence-corrected chi connectivity index (χ0v) is 13.3. The van der Waals surface area contributed by atoms with Gasteiger partial charge in [-0.15, -0.1) is 0 Å². The van der Waals surface area contributed by atoms with E-state index in [-0.39, 0.29) is 11.7 Å². The summed E-state index contributed by atoms with van der Waals surface area (Å²) in [6, 6.07) is 10.6. The van der Waals surface area contributed by atoms with Gasteiger partial charge in [-0.2, -0.15) is 5.26 Å². The lowest BCUT2D eigenvalue weighted by Crippen LogP contribution is -2.14. The summed E-state index contributed by atoms with van der Waals surface area (Å²) in [5.74, 6) is -0.0583. The molecule has 0 fully saturated rings. The topological polar surface area (TPSA) is 94.5 Å². The number of H-pyrrole nitrogens is 1. The number of aromatic nitrogens is 3. The highest BCUT2D eigenvalue weighted by Gasteiger charge is 2.10. The first-order valence-electron chi connectivity index (χ1n) is 6.59. The summed E-state index contributed by atoms with van der Waals surface area (Å²) >= 11 is 7.11. The Morgan fingerprint density at radius 3 is 3.09 bits per heavy atom. The fraction of sp³-hybridized carbons (Fsp3) is 0.0667. The van der Waals surface area contributed by atoms with Crippen molar-refractivity contribution in [2.24, 2.45) is 0 Å². The summed E-state index contributed by atoms with van der Waals surface area (Å²) in [5, 5.41) is 12.8. The Bertz CT molecular complexity index is 918. The molecule has 0 saturated heterocycles. The maximum absolute atomic E-state index is 12.0. The van der Waals surface area contributed by atoms with Crippen LogP contribution < -0.4 is 5.32 Å². The maximum atomic E-state index is 12.0. The first-order valence-corrected chi connectivity index (χ1v) is 7.95. The average molecular weight is 344 g/mol. The van der Waals surface area contributed by atoms with Gasteiger partial charge in [0.25, 0.3) is 0 Å². The predicted molar refractivity (Wildman–Crippen MR) is 89.4 cm³/mol. The summed E-state index contributed by atoms with van der Waals surface area (Å²) in [6.45, 7) is 0. The van der Waals surface area contributed by atoms with Gasteiger partial charge in [0.2, 0.25) is 5.91 Å². The van der Waals surface area contributed by atoms with Crippen molar-refractivity contribution in [2.45, 2.75) is 5.16 Å². The fourth-order valence-corrected chi connectivity index (χ4v) is 2.76. The molecule has 2 heterocycles. The van der Waals surface area contributed by atoms with E-state index in [9.17, 15) is 4.79 Å². The molecule has 2 aromatic heterocycles. The van der Waals surface area contributed by atoms with Crippen LogP contribution in [-0.4, -0.2) is 26.6 Å². The van der Waals surface area contributed by atoms with Gasteiger partial charge >= 0.3 is 0 Å². The highest BCUT2D eigenvalue weighted by molar-refractivity contribution is 7.99. The minimum absolute atomic E-state index is 0.160. The molecule has 114 valence electrons. The van der Waals surface area contributed by atoms with Crippen LogP contribution in [0.1, 0.15) is 5.56 Å².